The van der Waals surface area contributed by atoms with E-state index in [1.807, 2.05) is 0 Å². The van der Waals surface area contributed by atoms with Gasteiger partial charge in [0.15, 0.2) is 5.78 Å². The molecule has 0 atom stereocenters. The Hall–Kier alpha value is -1.72. The number of alkyl halides is 3. The number of halogens is 3. The Balaban J connectivity index is 3.05. The summed E-state index contributed by atoms with van der Waals surface area (Å²) in [7, 11) is 1.26. The summed E-state index contributed by atoms with van der Waals surface area (Å²) < 4.78 is 44.2. The van der Waals surface area contributed by atoms with Gasteiger partial charge in [0.2, 0.25) is 0 Å². The second-order valence-corrected chi connectivity index (χ2v) is 2.97. The van der Waals surface area contributed by atoms with Gasteiger partial charge >= 0.3 is 6.36 Å². The summed E-state index contributed by atoms with van der Waals surface area (Å²) >= 11 is 0. The summed E-state index contributed by atoms with van der Waals surface area (Å²) in [5, 5.41) is 0. The number of carbonyl (C=O) groups is 1. The van der Waals surface area contributed by atoms with Gasteiger partial charge in [-0.15, -0.1) is 13.2 Å². The maximum Gasteiger partial charge on any atom is 0.573 e. The van der Waals surface area contributed by atoms with Gasteiger partial charge in [0, 0.05) is 6.07 Å². The Morgan fingerprint density at radius 2 is 1.94 bits per heavy atom. The third kappa shape index (κ3) is 3.15. The van der Waals surface area contributed by atoms with Crippen molar-refractivity contribution in [1.29, 1.82) is 0 Å². The van der Waals surface area contributed by atoms with Crippen LogP contribution in [-0.2, 0) is 0 Å². The number of Topliss-reactive ketones (excluding diaryl/α,β-unsaturated/α-hetero) is 1. The number of hydrogen-bond acceptors (Lipinski definition) is 3. The lowest BCUT2D eigenvalue weighted by Gasteiger charge is -2.11. The van der Waals surface area contributed by atoms with Crippen LogP contribution in [0.3, 0.4) is 0 Å². The first-order valence-electron chi connectivity index (χ1n) is 4.28. The number of ether oxygens (including phenoxy) is 2. The average Bonchev–Trinajstić information content (AvgIpc) is 2.14. The molecule has 0 amide bonds. The molecular formula is C10H9F3O3. The predicted octanol–water partition coefficient (Wildman–Crippen LogP) is 2.80. The number of methoxy groups -OCH3 is 1. The Bertz CT molecular complexity index is 399. The molecule has 1 aromatic carbocycles. The Labute approximate surface area is 89.8 Å². The van der Waals surface area contributed by atoms with Crippen LogP contribution in [0.1, 0.15) is 17.3 Å². The smallest absolute Gasteiger partial charge is 0.496 e. The van der Waals surface area contributed by atoms with Gasteiger partial charge in [-0.2, -0.15) is 0 Å². The average molecular weight is 234 g/mol. The van der Waals surface area contributed by atoms with E-state index in [1.165, 1.54) is 20.1 Å². The van der Waals surface area contributed by atoms with Crippen LogP contribution in [0.25, 0.3) is 0 Å². The molecule has 0 saturated heterocycles. The van der Waals surface area contributed by atoms with Gasteiger partial charge in [0.05, 0.1) is 12.7 Å². The lowest BCUT2D eigenvalue weighted by atomic mass is 10.1. The monoisotopic (exact) mass is 234 g/mol. The molecule has 0 spiro atoms. The molecule has 1 aromatic rings. The van der Waals surface area contributed by atoms with Crippen LogP contribution in [0.2, 0.25) is 0 Å². The van der Waals surface area contributed by atoms with Crippen LogP contribution in [-0.4, -0.2) is 19.3 Å². The molecule has 0 N–H and O–H groups in total. The van der Waals surface area contributed by atoms with Crippen molar-refractivity contribution in [1.82, 2.24) is 0 Å². The second-order valence-electron chi connectivity index (χ2n) is 2.97. The third-order valence-corrected chi connectivity index (χ3v) is 1.79. The second kappa shape index (κ2) is 4.42. The van der Waals surface area contributed by atoms with Crippen LogP contribution in [0.5, 0.6) is 11.5 Å². The maximum absolute atomic E-state index is 11.9. The van der Waals surface area contributed by atoms with Gasteiger partial charge in [-0.3, -0.25) is 4.79 Å². The molecular weight excluding hydrogens is 225 g/mol. The van der Waals surface area contributed by atoms with E-state index < -0.39 is 12.1 Å². The Kier molecular flexibility index (Phi) is 3.41. The molecule has 0 bridgehead atoms. The van der Waals surface area contributed by atoms with Crippen molar-refractivity contribution < 1.29 is 27.4 Å². The van der Waals surface area contributed by atoms with E-state index in [4.69, 9.17) is 4.74 Å². The topological polar surface area (TPSA) is 35.5 Å². The standard InChI is InChI=1S/C10H9F3O3/c1-6(14)8-4-3-7(5-9(8)15-2)16-10(11,12)13/h3-5H,1-2H3. The SMILES string of the molecule is COc1cc(OC(F)(F)F)ccc1C(C)=O. The summed E-state index contributed by atoms with van der Waals surface area (Å²) in [5.41, 5.74) is 0.206. The number of rotatable bonds is 3. The van der Waals surface area contributed by atoms with E-state index in [2.05, 4.69) is 4.74 Å². The van der Waals surface area contributed by atoms with Crippen molar-refractivity contribution in [3.8, 4) is 11.5 Å². The zero-order valence-corrected chi connectivity index (χ0v) is 8.59. The van der Waals surface area contributed by atoms with Crippen molar-refractivity contribution in [2.75, 3.05) is 7.11 Å². The number of hydrogen-bond donors (Lipinski definition) is 0. The quantitative estimate of drug-likeness (QED) is 0.754. The minimum Gasteiger partial charge on any atom is -0.496 e. The van der Waals surface area contributed by atoms with E-state index in [1.54, 1.807) is 0 Å². The molecule has 0 aliphatic rings. The maximum atomic E-state index is 11.9. The number of ketones is 1. The summed E-state index contributed by atoms with van der Waals surface area (Å²) in [6, 6.07) is 3.30. The lowest BCUT2D eigenvalue weighted by Crippen LogP contribution is -2.17. The Morgan fingerprint density at radius 1 is 1.31 bits per heavy atom. The normalized spacial score (nSPS) is 11.1. The van der Waals surface area contributed by atoms with E-state index in [-0.39, 0.29) is 17.1 Å². The molecule has 0 radical (unpaired) electrons. The van der Waals surface area contributed by atoms with Crippen LogP contribution in [0.4, 0.5) is 13.2 Å². The summed E-state index contributed by atoms with van der Waals surface area (Å²) in [6.45, 7) is 1.29. The highest BCUT2D eigenvalue weighted by molar-refractivity contribution is 5.97. The molecule has 16 heavy (non-hydrogen) atoms. The van der Waals surface area contributed by atoms with Gasteiger partial charge in [0.1, 0.15) is 11.5 Å². The lowest BCUT2D eigenvalue weighted by molar-refractivity contribution is -0.274. The molecule has 0 unspecified atom stereocenters. The minimum absolute atomic E-state index is 0.0502. The van der Waals surface area contributed by atoms with E-state index >= 15 is 0 Å². The van der Waals surface area contributed by atoms with Gasteiger partial charge in [0.25, 0.3) is 0 Å². The van der Waals surface area contributed by atoms with Gasteiger partial charge in [-0.1, -0.05) is 0 Å². The fourth-order valence-electron chi connectivity index (χ4n) is 1.16. The predicted molar refractivity (Wildman–Crippen MR) is 49.7 cm³/mol. The summed E-state index contributed by atoms with van der Waals surface area (Å²) in [4.78, 5) is 11.1. The van der Waals surface area contributed by atoms with Crippen molar-refractivity contribution in [3.05, 3.63) is 23.8 Å². The van der Waals surface area contributed by atoms with Gasteiger partial charge in [-0.25, -0.2) is 0 Å². The van der Waals surface area contributed by atoms with Crippen LogP contribution in [0, 0.1) is 0 Å². The molecule has 6 heteroatoms. The summed E-state index contributed by atoms with van der Waals surface area (Å²) in [5.74, 6) is -0.668. The molecule has 88 valence electrons. The molecule has 0 heterocycles. The molecule has 3 nitrogen and oxygen atoms in total. The molecule has 0 aliphatic heterocycles. The highest BCUT2D eigenvalue weighted by Gasteiger charge is 2.31. The van der Waals surface area contributed by atoms with Crippen molar-refractivity contribution in [2.24, 2.45) is 0 Å². The minimum atomic E-state index is -4.76. The first-order chi connectivity index (χ1) is 7.33. The van der Waals surface area contributed by atoms with Crippen molar-refractivity contribution >= 4 is 5.78 Å². The first kappa shape index (κ1) is 12.4. The number of carbonyl (C=O) groups excluding carboxylic acids is 1. The van der Waals surface area contributed by atoms with Gasteiger partial charge < -0.3 is 9.47 Å². The highest BCUT2D eigenvalue weighted by atomic mass is 19.4. The highest BCUT2D eigenvalue weighted by Crippen LogP contribution is 2.29. The van der Waals surface area contributed by atoms with E-state index in [0.29, 0.717) is 0 Å². The van der Waals surface area contributed by atoms with Crippen LogP contribution >= 0.6 is 0 Å². The molecule has 0 aromatic heterocycles. The molecule has 0 saturated carbocycles. The zero-order valence-electron chi connectivity index (χ0n) is 8.59. The van der Waals surface area contributed by atoms with Crippen molar-refractivity contribution in [2.45, 2.75) is 13.3 Å². The molecule has 1 rings (SSSR count). The summed E-state index contributed by atoms with van der Waals surface area (Å²) in [6.07, 6.45) is -4.76. The Morgan fingerprint density at radius 3 is 2.38 bits per heavy atom. The zero-order chi connectivity index (χ0) is 12.3. The van der Waals surface area contributed by atoms with Gasteiger partial charge in [-0.05, 0) is 19.1 Å². The van der Waals surface area contributed by atoms with Crippen molar-refractivity contribution in [3.63, 3.8) is 0 Å². The van der Waals surface area contributed by atoms with Crippen LogP contribution in [0.15, 0.2) is 18.2 Å². The third-order valence-electron chi connectivity index (χ3n) is 1.79. The fourth-order valence-corrected chi connectivity index (χ4v) is 1.16. The van der Waals surface area contributed by atoms with E-state index in [9.17, 15) is 18.0 Å². The number of benzene rings is 1. The van der Waals surface area contributed by atoms with Crippen LogP contribution < -0.4 is 9.47 Å². The fraction of sp³-hybridized carbons (Fsp3) is 0.300. The first-order valence-corrected chi connectivity index (χ1v) is 4.28. The molecule has 0 fully saturated rings. The van der Waals surface area contributed by atoms with E-state index in [0.717, 1.165) is 12.1 Å². The largest absolute Gasteiger partial charge is 0.573 e. The molecule has 0 aliphatic carbocycles.